The minimum absolute atomic E-state index is 0.423. The number of hydrogen-bond acceptors (Lipinski definition) is 8. The van der Waals surface area contributed by atoms with Crippen LogP contribution < -0.4 is 15.5 Å². The average molecular weight is 471 g/mol. The topological polar surface area (TPSA) is 93.0 Å². The minimum Gasteiger partial charge on any atom is -0.378 e. The molecule has 0 bridgehead atoms. The van der Waals surface area contributed by atoms with Crippen molar-refractivity contribution in [1.29, 1.82) is 0 Å². The molecule has 4 aromatic rings. The van der Waals surface area contributed by atoms with E-state index in [2.05, 4.69) is 49.4 Å². The van der Waals surface area contributed by atoms with Gasteiger partial charge in [-0.1, -0.05) is 25.3 Å². The number of pyridine rings is 1. The fraction of sp³-hybridized carbons (Fsp3) is 0.385. The molecule has 1 saturated heterocycles. The summed E-state index contributed by atoms with van der Waals surface area (Å²) in [5, 5.41) is 6.75. The van der Waals surface area contributed by atoms with Crippen LogP contribution in [0.15, 0.2) is 55.0 Å². The van der Waals surface area contributed by atoms with E-state index in [1.165, 1.54) is 24.9 Å². The van der Waals surface area contributed by atoms with Gasteiger partial charge in [0, 0.05) is 36.7 Å². The third-order valence-electron chi connectivity index (χ3n) is 6.80. The number of anilines is 5. The summed E-state index contributed by atoms with van der Waals surface area (Å²) in [6.07, 6.45) is 9.78. The number of nitrogens with one attached hydrogen (secondary N) is 2. The molecule has 0 spiro atoms. The molecule has 1 aromatic carbocycles. The van der Waals surface area contributed by atoms with Gasteiger partial charge in [0.05, 0.1) is 19.5 Å². The van der Waals surface area contributed by atoms with Gasteiger partial charge in [-0.25, -0.2) is 9.97 Å². The highest BCUT2D eigenvalue weighted by Gasteiger charge is 2.21. The van der Waals surface area contributed by atoms with Crippen molar-refractivity contribution in [3.05, 3.63) is 55.0 Å². The molecule has 0 radical (unpaired) electrons. The molecule has 2 N–H and O–H groups in total. The zero-order valence-corrected chi connectivity index (χ0v) is 19.7. The van der Waals surface area contributed by atoms with Crippen molar-refractivity contribution in [3.63, 3.8) is 0 Å². The van der Waals surface area contributed by atoms with Crippen molar-refractivity contribution in [2.45, 2.75) is 38.1 Å². The smallest absolute Gasteiger partial charge is 0.232 e. The van der Waals surface area contributed by atoms with E-state index < -0.39 is 0 Å². The molecule has 0 amide bonds. The first-order valence-electron chi connectivity index (χ1n) is 12.5. The van der Waals surface area contributed by atoms with Gasteiger partial charge >= 0.3 is 0 Å². The van der Waals surface area contributed by atoms with Crippen LogP contribution in [0, 0.1) is 0 Å². The number of morpholine rings is 1. The largest absolute Gasteiger partial charge is 0.378 e. The van der Waals surface area contributed by atoms with E-state index in [4.69, 9.17) is 19.7 Å². The highest BCUT2D eigenvalue weighted by atomic mass is 16.5. The lowest BCUT2D eigenvalue weighted by Crippen LogP contribution is -2.36. The highest BCUT2D eigenvalue weighted by molar-refractivity contribution is 5.87. The molecule has 2 fully saturated rings. The Labute approximate surface area is 204 Å². The maximum Gasteiger partial charge on any atom is 0.232 e. The molecule has 3 aromatic heterocycles. The number of nitrogens with zero attached hydrogens (tertiary/aromatic N) is 6. The Kier molecular flexibility index (Phi) is 6.15. The fourth-order valence-electron chi connectivity index (χ4n) is 4.95. The summed E-state index contributed by atoms with van der Waals surface area (Å²) in [6.45, 7) is 3.38. The van der Waals surface area contributed by atoms with Crippen molar-refractivity contribution in [2.24, 2.45) is 0 Å². The van der Waals surface area contributed by atoms with Crippen LogP contribution in [0.3, 0.4) is 0 Å². The molecule has 1 aliphatic carbocycles. The van der Waals surface area contributed by atoms with E-state index in [1.807, 2.05) is 24.5 Å². The number of hydrogen-bond donors (Lipinski definition) is 2. The van der Waals surface area contributed by atoms with Gasteiger partial charge in [-0.15, -0.1) is 0 Å². The van der Waals surface area contributed by atoms with Crippen LogP contribution >= 0.6 is 0 Å². The second kappa shape index (κ2) is 9.87. The summed E-state index contributed by atoms with van der Waals surface area (Å²) in [5.41, 5.74) is 3.78. The maximum atomic E-state index is 5.48. The Bertz CT molecular complexity index is 1260. The molecular weight excluding hydrogens is 440 g/mol. The van der Waals surface area contributed by atoms with E-state index in [0.29, 0.717) is 23.6 Å². The van der Waals surface area contributed by atoms with E-state index in [0.717, 1.165) is 56.0 Å². The van der Waals surface area contributed by atoms with E-state index in [1.54, 1.807) is 6.20 Å². The lowest BCUT2D eigenvalue weighted by Gasteiger charge is -2.28. The van der Waals surface area contributed by atoms with Gasteiger partial charge in [0.2, 0.25) is 5.95 Å². The monoisotopic (exact) mass is 470 g/mol. The third kappa shape index (κ3) is 4.77. The second-order valence-corrected chi connectivity index (χ2v) is 9.12. The molecule has 9 nitrogen and oxygen atoms in total. The summed E-state index contributed by atoms with van der Waals surface area (Å²) in [7, 11) is 0. The Morgan fingerprint density at radius 1 is 0.857 bits per heavy atom. The van der Waals surface area contributed by atoms with Crippen LogP contribution in [0.4, 0.5) is 29.0 Å². The van der Waals surface area contributed by atoms with Crippen molar-refractivity contribution in [1.82, 2.24) is 24.5 Å². The predicted molar refractivity (Wildman–Crippen MR) is 138 cm³/mol. The van der Waals surface area contributed by atoms with E-state index >= 15 is 0 Å². The van der Waals surface area contributed by atoms with Gasteiger partial charge < -0.3 is 24.8 Å². The van der Waals surface area contributed by atoms with Crippen molar-refractivity contribution in [2.75, 3.05) is 41.8 Å². The SMILES string of the molecule is c1ccc(Nc2nc(Nc3ccc(N4CCOCC4)cc3)c3ncn(C4CCCCC4)c3n2)nc1. The van der Waals surface area contributed by atoms with Gasteiger partial charge in [0.1, 0.15) is 5.82 Å². The first-order valence-corrected chi connectivity index (χ1v) is 12.5. The number of rotatable bonds is 6. The molecule has 1 aliphatic heterocycles. The number of imidazole rings is 1. The molecule has 6 rings (SSSR count). The number of fused-ring (bicyclic) bond motifs is 1. The number of ether oxygens (including phenoxy) is 1. The van der Waals surface area contributed by atoms with Gasteiger partial charge in [0.15, 0.2) is 17.0 Å². The van der Waals surface area contributed by atoms with Crippen LogP contribution in [0.2, 0.25) is 0 Å². The van der Waals surface area contributed by atoms with Gasteiger partial charge in [-0.05, 0) is 49.2 Å². The van der Waals surface area contributed by atoms with Crippen molar-refractivity contribution in [3.8, 4) is 0 Å². The maximum absolute atomic E-state index is 5.48. The summed E-state index contributed by atoms with van der Waals surface area (Å²) in [6, 6.07) is 14.6. The Balaban J connectivity index is 1.33. The number of aromatic nitrogens is 5. The molecule has 180 valence electrons. The lowest BCUT2D eigenvalue weighted by molar-refractivity contribution is 0.122. The summed E-state index contributed by atoms with van der Waals surface area (Å²) >= 11 is 0. The molecule has 1 saturated carbocycles. The first kappa shape index (κ1) is 21.8. The standard InChI is InChI=1S/C26H30N8O/c1-2-6-21(7-3-1)34-18-28-23-24(31-26(32-25(23)34)30-22-8-4-5-13-27-22)29-19-9-11-20(12-10-19)33-14-16-35-17-15-33/h4-5,8-13,18,21H,1-3,6-7,14-17H2,(H2,27,29,30,31,32). The van der Waals surface area contributed by atoms with Gasteiger partial charge in [-0.3, -0.25) is 0 Å². The molecule has 2 aliphatic rings. The van der Waals surface area contributed by atoms with E-state index in [9.17, 15) is 0 Å². The summed E-state index contributed by atoms with van der Waals surface area (Å²) in [5.74, 6) is 1.89. The molecule has 4 heterocycles. The highest BCUT2D eigenvalue weighted by Crippen LogP contribution is 2.33. The quantitative estimate of drug-likeness (QED) is 0.404. The molecular formula is C26H30N8O. The van der Waals surface area contributed by atoms with E-state index in [-0.39, 0.29) is 0 Å². The van der Waals surface area contributed by atoms with Crippen LogP contribution in [0.5, 0.6) is 0 Å². The normalized spacial score (nSPS) is 17.0. The zero-order chi connectivity index (χ0) is 23.5. The molecule has 0 unspecified atom stereocenters. The average Bonchev–Trinajstić information content (AvgIpc) is 3.35. The first-order chi connectivity index (χ1) is 17.3. The Morgan fingerprint density at radius 2 is 1.69 bits per heavy atom. The van der Waals surface area contributed by atoms with Crippen LogP contribution in [-0.4, -0.2) is 50.8 Å². The summed E-state index contributed by atoms with van der Waals surface area (Å²) < 4.78 is 7.71. The number of benzene rings is 1. The zero-order valence-electron chi connectivity index (χ0n) is 19.7. The third-order valence-corrected chi connectivity index (χ3v) is 6.80. The van der Waals surface area contributed by atoms with Crippen molar-refractivity contribution < 1.29 is 4.74 Å². The lowest BCUT2D eigenvalue weighted by atomic mass is 9.95. The minimum atomic E-state index is 0.423. The predicted octanol–water partition coefficient (Wildman–Crippen LogP) is 5.05. The molecule has 35 heavy (non-hydrogen) atoms. The summed E-state index contributed by atoms with van der Waals surface area (Å²) in [4.78, 5) is 21.1. The van der Waals surface area contributed by atoms with Crippen LogP contribution in [0.1, 0.15) is 38.1 Å². The second-order valence-electron chi connectivity index (χ2n) is 9.12. The Hall–Kier alpha value is -3.72. The van der Waals surface area contributed by atoms with Crippen molar-refractivity contribution >= 4 is 40.1 Å². The molecule has 9 heteroatoms. The van der Waals surface area contributed by atoms with Gasteiger partial charge in [0.25, 0.3) is 0 Å². The van der Waals surface area contributed by atoms with Gasteiger partial charge in [-0.2, -0.15) is 9.97 Å². The van der Waals surface area contributed by atoms with Crippen LogP contribution in [-0.2, 0) is 4.74 Å². The molecule has 0 atom stereocenters. The fourth-order valence-corrected chi connectivity index (χ4v) is 4.95. The Morgan fingerprint density at radius 3 is 2.46 bits per heavy atom. The van der Waals surface area contributed by atoms with Crippen LogP contribution in [0.25, 0.3) is 11.2 Å².